The number of aliphatic hydroxyl groups is 1. The molecular formula is C19H26O5. The van der Waals surface area contributed by atoms with Crippen molar-refractivity contribution in [2.24, 2.45) is 0 Å². The molecule has 0 aromatic heterocycles. The van der Waals surface area contributed by atoms with E-state index >= 15 is 0 Å². The average Bonchev–Trinajstić information content (AvgIpc) is 2.51. The van der Waals surface area contributed by atoms with E-state index in [1.807, 2.05) is 37.3 Å². The number of aliphatic carboxylic acids is 1. The molecule has 0 aliphatic carbocycles. The van der Waals surface area contributed by atoms with Gasteiger partial charge in [0.2, 0.25) is 0 Å². The minimum atomic E-state index is -1.55. The molecule has 1 aliphatic heterocycles. The number of carbonyl (C=O) groups excluding carboxylic acids is 1. The molecule has 0 spiro atoms. The van der Waals surface area contributed by atoms with Crippen LogP contribution in [0.2, 0.25) is 0 Å². The summed E-state index contributed by atoms with van der Waals surface area (Å²) in [5.74, 6) is -1.64. The van der Waals surface area contributed by atoms with E-state index in [1.165, 1.54) is 0 Å². The molecule has 3 unspecified atom stereocenters. The van der Waals surface area contributed by atoms with Gasteiger partial charge in [0.25, 0.3) is 0 Å². The molecule has 5 nitrogen and oxygen atoms in total. The normalized spacial score (nSPS) is 26.5. The minimum Gasteiger partial charge on any atom is -0.481 e. The van der Waals surface area contributed by atoms with E-state index in [-0.39, 0.29) is 12.8 Å². The molecule has 0 amide bonds. The number of carboxylic acid groups (broad SMARTS) is 1. The number of ether oxygens (including phenoxy) is 1. The molecule has 2 N–H and O–H groups in total. The van der Waals surface area contributed by atoms with Crippen molar-refractivity contribution in [3.05, 3.63) is 35.9 Å². The Balaban J connectivity index is 2.34. The number of benzene rings is 1. The molecule has 3 atom stereocenters. The van der Waals surface area contributed by atoms with Crippen LogP contribution in [0.15, 0.2) is 30.3 Å². The quantitative estimate of drug-likeness (QED) is 0.749. The van der Waals surface area contributed by atoms with Gasteiger partial charge >= 0.3 is 11.9 Å². The van der Waals surface area contributed by atoms with Gasteiger partial charge in [-0.05, 0) is 12.0 Å². The highest BCUT2D eigenvalue weighted by atomic mass is 16.5. The summed E-state index contributed by atoms with van der Waals surface area (Å²) in [7, 11) is 0. The summed E-state index contributed by atoms with van der Waals surface area (Å²) in [4.78, 5) is 23.1. The number of unbranched alkanes of at least 4 members (excludes halogenated alkanes) is 1. The number of hydrogen-bond acceptors (Lipinski definition) is 4. The van der Waals surface area contributed by atoms with Crippen molar-refractivity contribution < 1.29 is 24.5 Å². The summed E-state index contributed by atoms with van der Waals surface area (Å²) in [5.41, 5.74) is -0.968. The first-order valence-corrected chi connectivity index (χ1v) is 8.48. The standard InChI is InChI=1S/C19H26O5/c1-3-4-10-18(2,14-8-6-5-7-9-14)15-11-19(23,12-16(20)21)13-17(22)24-15/h5-9,15,23H,3-4,10-13H2,1-2H3,(H,20,21). The molecule has 2 rings (SSSR count). The van der Waals surface area contributed by atoms with Crippen LogP contribution >= 0.6 is 0 Å². The van der Waals surface area contributed by atoms with Crippen LogP contribution < -0.4 is 0 Å². The van der Waals surface area contributed by atoms with Crippen LogP contribution in [0.5, 0.6) is 0 Å². The van der Waals surface area contributed by atoms with Crippen LogP contribution in [0.1, 0.15) is 57.9 Å². The largest absolute Gasteiger partial charge is 0.481 e. The minimum absolute atomic E-state index is 0.139. The van der Waals surface area contributed by atoms with E-state index < -0.39 is 35.5 Å². The van der Waals surface area contributed by atoms with Crippen molar-refractivity contribution >= 4 is 11.9 Å². The van der Waals surface area contributed by atoms with Crippen molar-refractivity contribution in [1.82, 2.24) is 0 Å². The molecule has 0 saturated carbocycles. The molecule has 1 saturated heterocycles. The van der Waals surface area contributed by atoms with Gasteiger partial charge in [-0.25, -0.2) is 0 Å². The van der Waals surface area contributed by atoms with E-state index in [2.05, 4.69) is 6.92 Å². The van der Waals surface area contributed by atoms with Gasteiger partial charge in [-0.1, -0.05) is 57.0 Å². The Hall–Kier alpha value is -1.88. The predicted molar refractivity (Wildman–Crippen MR) is 89.6 cm³/mol. The molecule has 1 fully saturated rings. The van der Waals surface area contributed by atoms with E-state index in [0.717, 1.165) is 24.8 Å². The fourth-order valence-electron chi connectivity index (χ4n) is 3.55. The lowest BCUT2D eigenvalue weighted by atomic mass is 9.69. The second-order valence-electron chi connectivity index (χ2n) is 7.04. The van der Waals surface area contributed by atoms with Crippen LogP contribution in [0.25, 0.3) is 0 Å². The zero-order chi connectivity index (χ0) is 17.8. The van der Waals surface area contributed by atoms with Crippen LogP contribution in [-0.4, -0.2) is 33.9 Å². The third-order valence-electron chi connectivity index (χ3n) is 4.99. The van der Waals surface area contributed by atoms with Crippen molar-refractivity contribution in [2.75, 3.05) is 0 Å². The molecule has 0 bridgehead atoms. The Morgan fingerprint density at radius 2 is 2.04 bits per heavy atom. The van der Waals surface area contributed by atoms with Crippen LogP contribution in [0.4, 0.5) is 0 Å². The molecule has 24 heavy (non-hydrogen) atoms. The fourth-order valence-corrected chi connectivity index (χ4v) is 3.55. The molecule has 1 aromatic rings. The second kappa shape index (κ2) is 7.34. The van der Waals surface area contributed by atoms with Gasteiger partial charge in [0, 0.05) is 11.8 Å². The molecule has 1 heterocycles. The third kappa shape index (κ3) is 4.15. The maximum absolute atomic E-state index is 12.0. The number of esters is 1. The van der Waals surface area contributed by atoms with Crippen molar-refractivity contribution in [3.8, 4) is 0 Å². The van der Waals surface area contributed by atoms with Crippen LogP contribution in [0, 0.1) is 0 Å². The van der Waals surface area contributed by atoms with Gasteiger partial charge in [-0.2, -0.15) is 0 Å². The van der Waals surface area contributed by atoms with Crippen molar-refractivity contribution in [1.29, 1.82) is 0 Å². The summed E-state index contributed by atoms with van der Waals surface area (Å²) < 4.78 is 5.59. The number of carbonyl (C=O) groups is 2. The zero-order valence-corrected chi connectivity index (χ0v) is 14.3. The summed E-state index contributed by atoms with van der Waals surface area (Å²) in [6, 6.07) is 9.79. The molecule has 1 aromatic carbocycles. The maximum atomic E-state index is 12.0. The Labute approximate surface area is 142 Å². The monoisotopic (exact) mass is 334 g/mol. The summed E-state index contributed by atoms with van der Waals surface area (Å²) in [6.45, 7) is 4.13. The van der Waals surface area contributed by atoms with Gasteiger partial charge in [-0.3, -0.25) is 9.59 Å². The maximum Gasteiger partial charge on any atom is 0.309 e. The Kier molecular flexibility index (Phi) is 5.65. The van der Waals surface area contributed by atoms with Gasteiger partial charge < -0.3 is 14.9 Å². The highest BCUT2D eigenvalue weighted by Gasteiger charge is 2.48. The average molecular weight is 334 g/mol. The van der Waals surface area contributed by atoms with Crippen molar-refractivity contribution in [3.63, 3.8) is 0 Å². The van der Waals surface area contributed by atoms with Crippen LogP contribution in [0.3, 0.4) is 0 Å². The van der Waals surface area contributed by atoms with E-state index in [1.54, 1.807) is 0 Å². The highest BCUT2D eigenvalue weighted by molar-refractivity contribution is 5.75. The number of rotatable bonds is 7. The van der Waals surface area contributed by atoms with Gasteiger partial charge in [0.05, 0.1) is 18.4 Å². The van der Waals surface area contributed by atoms with Crippen molar-refractivity contribution in [2.45, 2.75) is 69.5 Å². The predicted octanol–water partition coefficient (Wildman–Crippen LogP) is 3.05. The van der Waals surface area contributed by atoms with Gasteiger partial charge in [0.15, 0.2) is 0 Å². The van der Waals surface area contributed by atoms with E-state index in [9.17, 15) is 14.7 Å². The summed E-state index contributed by atoms with van der Waals surface area (Å²) in [6.07, 6.45) is 1.64. The van der Waals surface area contributed by atoms with Gasteiger partial charge in [0.1, 0.15) is 6.10 Å². The lowest BCUT2D eigenvalue weighted by Gasteiger charge is -2.44. The first-order chi connectivity index (χ1) is 11.3. The summed E-state index contributed by atoms with van der Waals surface area (Å²) in [5, 5.41) is 19.7. The number of hydrogen-bond donors (Lipinski definition) is 2. The third-order valence-corrected chi connectivity index (χ3v) is 4.99. The molecule has 0 radical (unpaired) electrons. The van der Waals surface area contributed by atoms with Crippen LogP contribution in [-0.2, 0) is 19.7 Å². The van der Waals surface area contributed by atoms with Gasteiger partial charge in [-0.15, -0.1) is 0 Å². The first kappa shape index (κ1) is 18.5. The molecule has 5 heteroatoms. The lowest BCUT2D eigenvalue weighted by Crippen LogP contribution is -2.52. The van der Waals surface area contributed by atoms with E-state index in [0.29, 0.717) is 0 Å². The SMILES string of the molecule is CCCCC(C)(c1ccccc1)C1CC(O)(CC(=O)O)CC(=O)O1. The zero-order valence-electron chi connectivity index (χ0n) is 14.3. The molecule has 132 valence electrons. The smallest absolute Gasteiger partial charge is 0.309 e. The Bertz CT molecular complexity index is 581. The number of carboxylic acids is 1. The highest BCUT2D eigenvalue weighted by Crippen LogP contribution is 2.42. The number of cyclic esters (lactones) is 1. The first-order valence-electron chi connectivity index (χ1n) is 8.48. The Morgan fingerprint density at radius 3 is 2.62 bits per heavy atom. The molecular weight excluding hydrogens is 308 g/mol. The fraction of sp³-hybridized carbons (Fsp3) is 0.579. The topological polar surface area (TPSA) is 83.8 Å². The lowest BCUT2D eigenvalue weighted by molar-refractivity contribution is -0.180. The Morgan fingerprint density at radius 1 is 1.38 bits per heavy atom. The van der Waals surface area contributed by atoms with E-state index in [4.69, 9.17) is 9.84 Å². The summed E-state index contributed by atoms with van der Waals surface area (Å²) >= 11 is 0. The second-order valence-corrected chi connectivity index (χ2v) is 7.04. The molecule has 1 aliphatic rings.